The van der Waals surface area contributed by atoms with Gasteiger partial charge in [0.15, 0.2) is 5.65 Å². The van der Waals surface area contributed by atoms with Crippen LogP contribution in [0.3, 0.4) is 0 Å². The zero-order valence-corrected chi connectivity index (χ0v) is 15.7. The van der Waals surface area contributed by atoms with Gasteiger partial charge in [-0.3, -0.25) is 0 Å². The SMILES string of the molecule is OC1CCC(CNc2cccc3nc(Nc4ccc(C(F)(F)F)cc4)nn23)CC1. The maximum absolute atomic E-state index is 12.7. The second-order valence-corrected chi connectivity index (χ2v) is 7.37. The van der Waals surface area contributed by atoms with E-state index < -0.39 is 11.7 Å². The molecule has 0 unspecified atom stereocenters. The predicted octanol–water partition coefficient (Wildman–Crippen LogP) is 4.45. The predicted molar refractivity (Wildman–Crippen MR) is 104 cm³/mol. The average molecular weight is 405 g/mol. The Labute approximate surface area is 165 Å². The molecule has 4 rings (SSSR count). The van der Waals surface area contributed by atoms with Crippen LogP contribution in [0.4, 0.5) is 30.6 Å². The first-order valence-electron chi connectivity index (χ1n) is 9.60. The Balaban J connectivity index is 1.46. The monoisotopic (exact) mass is 405 g/mol. The summed E-state index contributed by atoms with van der Waals surface area (Å²) in [5.74, 6) is 1.60. The number of pyridine rings is 1. The minimum absolute atomic E-state index is 0.177. The summed E-state index contributed by atoms with van der Waals surface area (Å²) in [7, 11) is 0. The first kappa shape index (κ1) is 19.5. The molecule has 1 fully saturated rings. The smallest absolute Gasteiger partial charge is 0.393 e. The number of aliphatic hydroxyl groups is 1. The first-order valence-corrected chi connectivity index (χ1v) is 9.60. The van der Waals surface area contributed by atoms with Gasteiger partial charge < -0.3 is 15.7 Å². The lowest BCUT2D eigenvalue weighted by molar-refractivity contribution is -0.137. The summed E-state index contributed by atoms with van der Waals surface area (Å²) in [6.07, 6.45) is -0.896. The molecule has 3 aromatic rings. The van der Waals surface area contributed by atoms with E-state index in [1.54, 1.807) is 4.52 Å². The standard InChI is InChI=1S/C20H22F3N5O/c21-20(22,23)14-6-8-15(9-7-14)25-19-26-18-3-1-2-17(28(18)27-19)24-12-13-4-10-16(29)11-5-13/h1-3,6-9,13,16,24,29H,4-5,10-12H2,(H,25,27). The highest BCUT2D eigenvalue weighted by atomic mass is 19.4. The van der Waals surface area contributed by atoms with E-state index in [2.05, 4.69) is 20.7 Å². The van der Waals surface area contributed by atoms with Crippen LogP contribution in [0.1, 0.15) is 31.2 Å². The van der Waals surface area contributed by atoms with Crippen molar-refractivity contribution in [3.05, 3.63) is 48.0 Å². The molecule has 3 N–H and O–H groups in total. The number of halogens is 3. The highest BCUT2D eigenvalue weighted by Crippen LogP contribution is 2.30. The van der Waals surface area contributed by atoms with Crippen LogP contribution in [0.5, 0.6) is 0 Å². The fourth-order valence-corrected chi connectivity index (χ4v) is 3.56. The van der Waals surface area contributed by atoms with E-state index in [9.17, 15) is 18.3 Å². The van der Waals surface area contributed by atoms with Crippen molar-refractivity contribution in [1.82, 2.24) is 14.6 Å². The van der Waals surface area contributed by atoms with Crippen LogP contribution in [0.15, 0.2) is 42.5 Å². The molecule has 9 heteroatoms. The van der Waals surface area contributed by atoms with E-state index in [1.165, 1.54) is 12.1 Å². The molecule has 2 heterocycles. The van der Waals surface area contributed by atoms with E-state index in [4.69, 9.17) is 0 Å². The Morgan fingerprint density at radius 3 is 2.45 bits per heavy atom. The number of nitrogens with zero attached hydrogens (tertiary/aromatic N) is 3. The number of rotatable bonds is 5. The van der Waals surface area contributed by atoms with E-state index >= 15 is 0 Å². The summed E-state index contributed by atoms with van der Waals surface area (Å²) >= 11 is 0. The Hall–Kier alpha value is -2.81. The number of alkyl halides is 3. The topological polar surface area (TPSA) is 74.5 Å². The van der Waals surface area contributed by atoms with E-state index in [-0.39, 0.29) is 6.10 Å². The van der Waals surface area contributed by atoms with Crippen molar-refractivity contribution < 1.29 is 18.3 Å². The van der Waals surface area contributed by atoms with Crippen LogP contribution in [0.25, 0.3) is 5.65 Å². The zero-order chi connectivity index (χ0) is 20.4. The van der Waals surface area contributed by atoms with Crippen molar-refractivity contribution in [2.24, 2.45) is 5.92 Å². The van der Waals surface area contributed by atoms with Gasteiger partial charge in [0.25, 0.3) is 0 Å². The third-order valence-electron chi connectivity index (χ3n) is 5.22. The van der Waals surface area contributed by atoms with Crippen molar-refractivity contribution in [2.45, 2.75) is 38.0 Å². The van der Waals surface area contributed by atoms with Gasteiger partial charge in [0.1, 0.15) is 5.82 Å². The second-order valence-electron chi connectivity index (χ2n) is 7.37. The highest BCUT2D eigenvalue weighted by Gasteiger charge is 2.30. The van der Waals surface area contributed by atoms with Gasteiger partial charge >= 0.3 is 6.18 Å². The number of hydrogen-bond acceptors (Lipinski definition) is 5. The number of aliphatic hydroxyl groups excluding tert-OH is 1. The lowest BCUT2D eigenvalue weighted by Gasteiger charge is -2.25. The molecule has 29 heavy (non-hydrogen) atoms. The van der Waals surface area contributed by atoms with E-state index in [0.717, 1.165) is 50.2 Å². The number of fused-ring (bicyclic) bond motifs is 1. The van der Waals surface area contributed by atoms with Gasteiger partial charge in [-0.15, -0.1) is 5.10 Å². The van der Waals surface area contributed by atoms with Crippen molar-refractivity contribution in [1.29, 1.82) is 0 Å². The second kappa shape index (κ2) is 7.90. The molecular formula is C20H22F3N5O. The molecular weight excluding hydrogens is 383 g/mol. The lowest BCUT2D eigenvalue weighted by atomic mass is 9.87. The molecule has 0 bridgehead atoms. The maximum atomic E-state index is 12.7. The van der Waals surface area contributed by atoms with Crippen LogP contribution in [-0.4, -0.2) is 32.4 Å². The number of hydrogen-bond donors (Lipinski definition) is 3. The van der Waals surface area contributed by atoms with Gasteiger partial charge in [0.05, 0.1) is 11.7 Å². The summed E-state index contributed by atoms with van der Waals surface area (Å²) < 4.78 is 39.7. The van der Waals surface area contributed by atoms with Crippen LogP contribution >= 0.6 is 0 Å². The Morgan fingerprint density at radius 1 is 1.03 bits per heavy atom. The zero-order valence-electron chi connectivity index (χ0n) is 15.7. The highest BCUT2D eigenvalue weighted by molar-refractivity contribution is 5.58. The quantitative estimate of drug-likeness (QED) is 0.585. The summed E-state index contributed by atoms with van der Waals surface area (Å²) in [4.78, 5) is 4.39. The van der Waals surface area contributed by atoms with Crippen LogP contribution in [0.2, 0.25) is 0 Å². The third-order valence-corrected chi connectivity index (χ3v) is 5.22. The number of nitrogens with one attached hydrogen (secondary N) is 2. The van der Waals surface area contributed by atoms with Gasteiger partial charge in [0, 0.05) is 12.2 Å². The molecule has 0 amide bonds. The first-order chi connectivity index (χ1) is 13.9. The molecule has 1 aliphatic carbocycles. The molecule has 1 aromatic carbocycles. The minimum Gasteiger partial charge on any atom is -0.393 e. The maximum Gasteiger partial charge on any atom is 0.416 e. The molecule has 154 valence electrons. The van der Waals surface area contributed by atoms with Gasteiger partial charge in [-0.25, -0.2) is 0 Å². The van der Waals surface area contributed by atoms with Crippen molar-refractivity contribution in [2.75, 3.05) is 17.2 Å². The number of anilines is 3. The fourth-order valence-electron chi connectivity index (χ4n) is 3.56. The molecule has 0 radical (unpaired) electrons. The fraction of sp³-hybridized carbons (Fsp3) is 0.400. The normalized spacial score (nSPS) is 20.0. The van der Waals surface area contributed by atoms with Crippen molar-refractivity contribution >= 4 is 23.1 Å². The molecule has 0 spiro atoms. The molecule has 2 aromatic heterocycles. The molecule has 0 saturated heterocycles. The molecule has 1 aliphatic rings. The molecule has 0 atom stereocenters. The molecule has 1 saturated carbocycles. The van der Waals surface area contributed by atoms with Crippen LogP contribution < -0.4 is 10.6 Å². The van der Waals surface area contributed by atoms with Crippen molar-refractivity contribution in [3.8, 4) is 0 Å². The summed E-state index contributed by atoms with van der Waals surface area (Å²) in [5, 5.41) is 20.4. The third kappa shape index (κ3) is 4.61. The van der Waals surface area contributed by atoms with E-state index in [1.807, 2.05) is 18.2 Å². The molecule has 6 nitrogen and oxygen atoms in total. The summed E-state index contributed by atoms with van der Waals surface area (Å²) in [5.41, 5.74) is 0.403. The Bertz CT molecular complexity index is 962. The molecule has 0 aliphatic heterocycles. The van der Waals surface area contributed by atoms with E-state index in [0.29, 0.717) is 23.2 Å². The lowest BCUT2D eigenvalue weighted by Crippen LogP contribution is -2.24. The number of aromatic nitrogens is 3. The summed E-state index contributed by atoms with van der Waals surface area (Å²) in [6, 6.07) is 10.3. The van der Waals surface area contributed by atoms with Gasteiger partial charge in [-0.05, 0) is 68.0 Å². The number of benzene rings is 1. The summed E-state index contributed by atoms with van der Waals surface area (Å²) in [6.45, 7) is 0.785. The Morgan fingerprint density at radius 2 is 1.76 bits per heavy atom. The van der Waals surface area contributed by atoms with Gasteiger partial charge in [0.2, 0.25) is 5.95 Å². The van der Waals surface area contributed by atoms with Gasteiger partial charge in [-0.1, -0.05) is 6.07 Å². The van der Waals surface area contributed by atoms with Crippen molar-refractivity contribution in [3.63, 3.8) is 0 Å². The largest absolute Gasteiger partial charge is 0.416 e. The van der Waals surface area contributed by atoms with Gasteiger partial charge in [-0.2, -0.15) is 22.7 Å². The van der Waals surface area contributed by atoms with Crippen LogP contribution in [-0.2, 0) is 6.18 Å². The van der Waals surface area contributed by atoms with Crippen LogP contribution in [0, 0.1) is 5.92 Å². The Kier molecular flexibility index (Phi) is 5.31. The minimum atomic E-state index is -4.36. The average Bonchev–Trinajstić information content (AvgIpc) is 3.10.